The molecule has 0 spiro atoms. The van der Waals surface area contributed by atoms with E-state index in [9.17, 15) is 4.79 Å². The average molecular weight is 315 g/mol. The van der Waals surface area contributed by atoms with Gasteiger partial charge in [-0.05, 0) is 43.3 Å². The number of benzene rings is 2. The lowest BCUT2D eigenvalue weighted by atomic mass is 10.1. The van der Waals surface area contributed by atoms with Crippen LogP contribution in [0.25, 0.3) is 22.9 Å². The Hall–Kier alpha value is -2.66. The van der Waals surface area contributed by atoms with Crippen LogP contribution in [-0.4, -0.2) is 21.3 Å². The molecule has 0 amide bonds. The van der Waals surface area contributed by atoms with E-state index in [1.54, 1.807) is 18.2 Å². The van der Waals surface area contributed by atoms with E-state index in [0.29, 0.717) is 27.9 Å². The van der Waals surface area contributed by atoms with E-state index in [4.69, 9.17) is 21.1 Å². The summed E-state index contributed by atoms with van der Waals surface area (Å²) in [5.41, 5.74) is 2.55. The first kappa shape index (κ1) is 14.3. The van der Waals surface area contributed by atoms with Gasteiger partial charge in [0.05, 0.1) is 16.1 Å². The van der Waals surface area contributed by atoms with Crippen molar-refractivity contribution in [3.8, 4) is 22.9 Å². The average Bonchev–Trinajstić information content (AvgIpc) is 2.99. The Morgan fingerprint density at radius 2 is 1.77 bits per heavy atom. The molecule has 0 unspecified atom stereocenters. The molecule has 0 fully saturated rings. The van der Waals surface area contributed by atoms with E-state index in [2.05, 4.69) is 10.2 Å². The van der Waals surface area contributed by atoms with Gasteiger partial charge in [-0.1, -0.05) is 23.2 Å². The molecule has 1 N–H and O–H groups in total. The maximum atomic E-state index is 10.8. The van der Waals surface area contributed by atoms with Crippen molar-refractivity contribution in [2.75, 3.05) is 0 Å². The third kappa shape index (κ3) is 2.71. The summed E-state index contributed by atoms with van der Waals surface area (Å²) in [6, 6.07) is 11.8. The first-order valence-electron chi connectivity index (χ1n) is 6.48. The Labute approximate surface area is 131 Å². The van der Waals surface area contributed by atoms with E-state index in [1.165, 1.54) is 12.1 Å². The first-order chi connectivity index (χ1) is 10.5. The molecule has 2 aromatic carbocycles. The van der Waals surface area contributed by atoms with Gasteiger partial charge in [-0.25, -0.2) is 4.79 Å². The van der Waals surface area contributed by atoms with Crippen LogP contribution in [0.5, 0.6) is 0 Å². The number of aryl methyl sites for hydroxylation is 1. The predicted molar refractivity (Wildman–Crippen MR) is 81.9 cm³/mol. The number of halogens is 1. The van der Waals surface area contributed by atoms with Crippen LogP contribution in [0.15, 0.2) is 46.9 Å². The van der Waals surface area contributed by atoms with Gasteiger partial charge in [-0.3, -0.25) is 0 Å². The Morgan fingerprint density at radius 3 is 2.45 bits per heavy atom. The lowest BCUT2D eigenvalue weighted by Crippen LogP contribution is -1.94. The third-order valence-electron chi connectivity index (χ3n) is 3.16. The molecule has 3 aromatic rings. The van der Waals surface area contributed by atoms with Crippen molar-refractivity contribution in [3.63, 3.8) is 0 Å². The standard InChI is InChI=1S/C16H11ClN2O3/c1-9-2-7-13(17)12(8-9)15-19-18-14(22-15)10-3-5-11(6-4-10)16(20)21/h2-8H,1H3,(H,20,21). The van der Waals surface area contributed by atoms with E-state index in [-0.39, 0.29) is 5.56 Å². The van der Waals surface area contributed by atoms with E-state index in [0.717, 1.165) is 5.56 Å². The molecule has 0 saturated heterocycles. The molecule has 5 nitrogen and oxygen atoms in total. The smallest absolute Gasteiger partial charge is 0.335 e. The Kier molecular flexibility index (Phi) is 3.65. The predicted octanol–water partition coefficient (Wildman–Crippen LogP) is 4.06. The summed E-state index contributed by atoms with van der Waals surface area (Å²) in [7, 11) is 0. The molecule has 3 rings (SSSR count). The number of rotatable bonds is 3. The Morgan fingerprint density at radius 1 is 1.09 bits per heavy atom. The summed E-state index contributed by atoms with van der Waals surface area (Å²) in [5.74, 6) is -0.347. The number of carboxylic acid groups (broad SMARTS) is 1. The molecule has 1 aromatic heterocycles. The molecule has 22 heavy (non-hydrogen) atoms. The van der Waals surface area contributed by atoms with Crippen LogP contribution in [0.1, 0.15) is 15.9 Å². The number of hydrogen-bond donors (Lipinski definition) is 1. The zero-order chi connectivity index (χ0) is 15.7. The summed E-state index contributed by atoms with van der Waals surface area (Å²) in [6.07, 6.45) is 0. The van der Waals surface area contributed by atoms with Crippen LogP contribution in [0.3, 0.4) is 0 Å². The number of carbonyl (C=O) groups is 1. The highest BCUT2D eigenvalue weighted by molar-refractivity contribution is 6.33. The highest BCUT2D eigenvalue weighted by Gasteiger charge is 2.14. The van der Waals surface area contributed by atoms with Gasteiger partial charge in [0, 0.05) is 5.56 Å². The van der Waals surface area contributed by atoms with Crippen molar-refractivity contribution in [1.82, 2.24) is 10.2 Å². The zero-order valence-corrected chi connectivity index (χ0v) is 12.3. The van der Waals surface area contributed by atoms with Crippen LogP contribution >= 0.6 is 11.6 Å². The number of nitrogens with zero attached hydrogens (tertiary/aromatic N) is 2. The van der Waals surface area contributed by atoms with Crippen LogP contribution in [0.4, 0.5) is 0 Å². The second-order valence-corrected chi connectivity index (χ2v) is 5.19. The van der Waals surface area contributed by atoms with Crippen molar-refractivity contribution >= 4 is 17.6 Å². The Balaban J connectivity index is 1.96. The number of aromatic nitrogens is 2. The summed E-state index contributed by atoms with van der Waals surface area (Å²) >= 11 is 6.15. The molecular weight excluding hydrogens is 304 g/mol. The molecule has 0 aliphatic rings. The SMILES string of the molecule is Cc1ccc(Cl)c(-c2nnc(-c3ccc(C(=O)O)cc3)o2)c1. The molecule has 0 aliphatic carbocycles. The van der Waals surface area contributed by atoms with Crippen molar-refractivity contribution in [1.29, 1.82) is 0 Å². The number of carboxylic acids is 1. The van der Waals surface area contributed by atoms with Gasteiger partial charge in [-0.2, -0.15) is 0 Å². The maximum absolute atomic E-state index is 10.8. The highest BCUT2D eigenvalue weighted by atomic mass is 35.5. The minimum Gasteiger partial charge on any atom is -0.478 e. The van der Waals surface area contributed by atoms with Crippen molar-refractivity contribution in [2.24, 2.45) is 0 Å². The topological polar surface area (TPSA) is 76.2 Å². The maximum Gasteiger partial charge on any atom is 0.335 e. The molecule has 0 radical (unpaired) electrons. The second-order valence-electron chi connectivity index (χ2n) is 4.78. The lowest BCUT2D eigenvalue weighted by Gasteiger charge is -2.00. The minimum absolute atomic E-state index is 0.199. The van der Waals surface area contributed by atoms with Gasteiger partial charge >= 0.3 is 5.97 Å². The van der Waals surface area contributed by atoms with E-state index >= 15 is 0 Å². The largest absolute Gasteiger partial charge is 0.478 e. The second kappa shape index (κ2) is 5.61. The van der Waals surface area contributed by atoms with Crippen molar-refractivity contribution < 1.29 is 14.3 Å². The van der Waals surface area contributed by atoms with Crippen molar-refractivity contribution in [2.45, 2.75) is 6.92 Å². The number of hydrogen-bond acceptors (Lipinski definition) is 4. The normalized spacial score (nSPS) is 10.6. The fraction of sp³-hybridized carbons (Fsp3) is 0.0625. The van der Waals surface area contributed by atoms with Gasteiger partial charge in [0.1, 0.15) is 0 Å². The fourth-order valence-electron chi connectivity index (χ4n) is 2.01. The monoisotopic (exact) mass is 314 g/mol. The van der Waals surface area contributed by atoms with Gasteiger partial charge in [-0.15, -0.1) is 10.2 Å². The molecule has 0 aliphatic heterocycles. The van der Waals surface area contributed by atoms with Gasteiger partial charge in [0.25, 0.3) is 0 Å². The first-order valence-corrected chi connectivity index (χ1v) is 6.86. The summed E-state index contributed by atoms with van der Waals surface area (Å²) in [5, 5.41) is 17.4. The summed E-state index contributed by atoms with van der Waals surface area (Å²) < 4.78 is 5.64. The van der Waals surface area contributed by atoms with Crippen LogP contribution in [0, 0.1) is 6.92 Å². The highest BCUT2D eigenvalue weighted by Crippen LogP contribution is 2.30. The molecular formula is C16H11ClN2O3. The van der Waals surface area contributed by atoms with Gasteiger partial charge in [0.2, 0.25) is 11.8 Å². The van der Waals surface area contributed by atoms with Crippen LogP contribution in [-0.2, 0) is 0 Å². The van der Waals surface area contributed by atoms with E-state index < -0.39 is 5.97 Å². The minimum atomic E-state index is -0.982. The molecule has 110 valence electrons. The van der Waals surface area contributed by atoms with E-state index in [1.807, 2.05) is 19.1 Å². The zero-order valence-electron chi connectivity index (χ0n) is 11.6. The summed E-state index contributed by atoms with van der Waals surface area (Å²) in [6.45, 7) is 1.95. The molecule has 1 heterocycles. The molecule has 0 atom stereocenters. The number of aromatic carboxylic acids is 1. The van der Waals surface area contributed by atoms with Gasteiger partial charge < -0.3 is 9.52 Å². The van der Waals surface area contributed by atoms with Crippen molar-refractivity contribution in [3.05, 3.63) is 58.6 Å². The molecule has 0 saturated carbocycles. The third-order valence-corrected chi connectivity index (χ3v) is 3.49. The molecule has 6 heteroatoms. The lowest BCUT2D eigenvalue weighted by molar-refractivity contribution is 0.0697. The van der Waals surface area contributed by atoms with Crippen LogP contribution in [0.2, 0.25) is 5.02 Å². The summed E-state index contributed by atoms with van der Waals surface area (Å²) in [4.78, 5) is 10.8. The van der Waals surface area contributed by atoms with Crippen LogP contribution < -0.4 is 0 Å². The van der Waals surface area contributed by atoms with Gasteiger partial charge in [0.15, 0.2) is 0 Å². The Bertz CT molecular complexity index is 841. The molecule has 0 bridgehead atoms. The quantitative estimate of drug-likeness (QED) is 0.788. The fourth-order valence-corrected chi connectivity index (χ4v) is 2.21.